The number of nitrogens with two attached hydrogens (primary N) is 1. The van der Waals surface area contributed by atoms with Gasteiger partial charge in [0, 0.05) is 11.8 Å². The molecule has 3 nitrogen and oxygen atoms in total. The van der Waals surface area contributed by atoms with Gasteiger partial charge in [0.15, 0.2) is 0 Å². The normalized spacial score (nSPS) is 10.5. The minimum absolute atomic E-state index is 0.227. The summed E-state index contributed by atoms with van der Waals surface area (Å²) in [4.78, 5) is 0. The van der Waals surface area contributed by atoms with Crippen molar-refractivity contribution in [3.63, 3.8) is 0 Å². The van der Waals surface area contributed by atoms with Crippen LogP contribution in [0.5, 0.6) is 0 Å². The predicted molar refractivity (Wildman–Crippen MR) is 56.9 cm³/mol. The fraction of sp³-hybridized carbons (Fsp3) is 0.182. The first kappa shape index (κ1) is 9.71. The van der Waals surface area contributed by atoms with Crippen LogP contribution >= 0.6 is 0 Å². The summed E-state index contributed by atoms with van der Waals surface area (Å²) in [6.07, 6.45) is 1.87. The number of nitrogens with zero attached hydrogens (tertiary/aromatic N) is 2. The smallest absolute Gasteiger partial charge is 0.148 e. The zero-order valence-electron chi connectivity index (χ0n) is 8.44. The third-order valence-electron chi connectivity index (χ3n) is 2.24. The van der Waals surface area contributed by atoms with Crippen molar-refractivity contribution in [2.75, 3.05) is 5.73 Å². The molecule has 2 N–H and O–H groups in total. The lowest BCUT2D eigenvalue weighted by Gasteiger charge is -2.00. The van der Waals surface area contributed by atoms with Gasteiger partial charge >= 0.3 is 0 Å². The van der Waals surface area contributed by atoms with Crippen molar-refractivity contribution >= 4 is 5.82 Å². The Bertz CT molecular complexity index is 440. The minimum Gasteiger partial charge on any atom is -0.382 e. The molecule has 0 bridgehead atoms. The molecular weight excluding hydrogens is 193 g/mol. The Morgan fingerprint density at radius 2 is 2.00 bits per heavy atom. The van der Waals surface area contributed by atoms with Gasteiger partial charge in [-0.15, -0.1) is 0 Å². The Balaban J connectivity index is 2.18. The monoisotopic (exact) mass is 205 g/mol. The molecule has 0 atom stereocenters. The van der Waals surface area contributed by atoms with Crippen molar-refractivity contribution in [1.82, 2.24) is 9.78 Å². The van der Waals surface area contributed by atoms with Crippen LogP contribution < -0.4 is 5.73 Å². The lowest BCUT2D eigenvalue weighted by molar-refractivity contribution is 0.624. The molecular formula is C11H12FN3. The van der Waals surface area contributed by atoms with E-state index in [1.54, 1.807) is 16.8 Å². The second kappa shape index (κ2) is 3.73. The average molecular weight is 205 g/mol. The molecule has 0 unspecified atom stereocenters. The topological polar surface area (TPSA) is 43.8 Å². The Hall–Kier alpha value is -1.84. The Kier molecular flexibility index (Phi) is 2.41. The molecule has 1 heterocycles. The summed E-state index contributed by atoms with van der Waals surface area (Å²) >= 11 is 0. The predicted octanol–water partition coefficient (Wildman–Crippen LogP) is 1.96. The van der Waals surface area contributed by atoms with Gasteiger partial charge in [-0.1, -0.05) is 12.1 Å². The number of hydrogen-bond donors (Lipinski definition) is 1. The highest BCUT2D eigenvalue weighted by Crippen LogP contribution is 2.09. The van der Waals surface area contributed by atoms with E-state index in [2.05, 4.69) is 5.10 Å². The standard InChI is InChI=1S/C11H12FN3/c1-8-6-15(14-11(8)13)7-9-2-4-10(12)5-3-9/h2-6H,7H2,1H3,(H2,13,14). The highest BCUT2D eigenvalue weighted by molar-refractivity contribution is 5.35. The van der Waals surface area contributed by atoms with Crippen molar-refractivity contribution in [2.24, 2.45) is 0 Å². The highest BCUT2D eigenvalue weighted by Gasteiger charge is 2.01. The molecule has 78 valence electrons. The summed E-state index contributed by atoms with van der Waals surface area (Å²) in [6, 6.07) is 6.36. The Labute approximate surface area is 87.3 Å². The third kappa shape index (κ3) is 2.15. The van der Waals surface area contributed by atoms with Crippen LogP contribution in [0.4, 0.5) is 10.2 Å². The van der Waals surface area contributed by atoms with Crippen LogP contribution in [0.3, 0.4) is 0 Å². The number of anilines is 1. The number of rotatable bonds is 2. The fourth-order valence-corrected chi connectivity index (χ4v) is 1.39. The first-order valence-corrected chi connectivity index (χ1v) is 4.69. The molecule has 0 aliphatic heterocycles. The van der Waals surface area contributed by atoms with Gasteiger partial charge < -0.3 is 5.73 Å². The van der Waals surface area contributed by atoms with Crippen LogP contribution in [0.1, 0.15) is 11.1 Å². The van der Waals surface area contributed by atoms with E-state index in [0.717, 1.165) is 11.1 Å². The maximum Gasteiger partial charge on any atom is 0.148 e. The molecule has 0 aliphatic rings. The van der Waals surface area contributed by atoms with Crippen molar-refractivity contribution in [2.45, 2.75) is 13.5 Å². The van der Waals surface area contributed by atoms with E-state index in [-0.39, 0.29) is 5.82 Å². The number of hydrogen-bond acceptors (Lipinski definition) is 2. The highest BCUT2D eigenvalue weighted by atomic mass is 19.1. The van der Waals surface area contributed by atoms with Crippen molar-refractivity contribution in [1.29, 1.82) is 0 Å². The molecule has 0 fully saturated rings. The van der Waals surface area contributed by atoms with Crippen LogP contribution in [0.2, 0.25) is 0 Å². The van der Waals surface area contributed by atoms with E-state index >= 15 is 0 Å². The summed E-state index contributed by atoms with van der Waals surface area (Å²) in [5.41, 5.74) is 7.58. The van der Waals surface area contributed by atoms with Gasteiger partial charge in [-0.05, 0) is 24.6 Å². The van der Waals surface area contributed by atoms with Crippen LogP contribution in [-0.4, -0.2) is 9.78 Å². The van der Waals surface area contributed by atoms with E-state index in [9.17, 15) is 4.39 Å². The first-order valence-electron chi connectivity index (χ1n) is 4.69. The Morgan fingerprint density at radius 3 is 2.53 bits per heavy atom. The van der Waals surface area contributed by atoms with E-state index in [0.29, 0.717) is 12.4 Å². The average Bonchev–Trinajstić information content (AvgIpc) is 2.50. The zero-order valence-corrected chi connectivity index (χ0v) is 8.44. The SMILES string of the molecule is Cc1cn(Cc2ccc(F)cc2)nc1N. The summed E-state index contributed by atoms with van der Waals surface area (Å²) in [6.45, 7) is 2.52. The maximum absolute atomic E-state index is 12.7. The number of aromatic nitrogens is 2. The van der Waals surface area contributed by atoms with Crippen LogP contribution in [-0.2, 0) is 6.54 Å². The maximum atomic E-state index is 12.7. The lowest BCUT2D eigenvalue weighted by atomic mass is 10.2. The molecule has 0 spiro atoms. The first-order chi connectivity index (χ1) is 7.15. The molecule has 2 rings (SSSR count). The van der Waals surface area contributed by atoms with Crippen LogP contribution in [0, 0.1) is 12.7 Å². The number of benzene rings is 1. The van der Waals surface area contributed by atoms with Gasteiger partial charge in [0.25, 0.3) is 0 Å². The number of aryl methyl sites for hydroxylation is 1. The fourth-order valence-electron chi connectivity index (χ4n) is 1.39. The number of nitrogen functional groups attached to an aromatic ring is 1. The zero-order chi connectivity index (χ0) is 10.8. The molecule has 1 aromatic heterocycles. The van der Waals surface area contributed by atoms with E-state index in [4.69, 9.17) is 5.73 Å². The molecule has 0 saturated carbocycles. The van der Waals surface area contributed by atoms with E-state index in [1.165, 1.54) is 12.1 Å². The van der Waals surface area contributed by atoms with Gasteiger partial charge in [-0.25, -0.2) is 4.39 Å². The van der Waals surface area contributed by atoms with Crippen molar-refractivity contribution in [3.8, 4) is 0 Å². The van der Waals surface area contributed by atoms with Crippen LogP contribution in [0.25, 0.3) is 0 Å². The van der Waals surface area contributed by atoms with Gasteiger partial charge in [0.2, 0.25) is 0 Å². The molecule has 0 aliphatic carbocycles. The summed E-state index contributed by atoms with van der Waals surface area (Å²) in [5.74, 6) is 0.312. The Morgan fingerprint density at radius 1 is 1.33 bits per heavy atom. The quantitative estimate of drug-likeness (QED) is 0.814. The summed E-state index contributed by atoms with van der Waals surface area (Å²) < 4.78 is 14.4. The molecule has 4 heteroatoms. The van der Waals surface area contributed by atoms with Crippen LogP contribution in [0.15, 0.2) is 30.5 Å². The summed E-state index contributed by atoms with van der Waals surface area (Å²) in [7, 11) is 0. The van der Waals surface area contributed by atoms with Gasteiger partial charge in [-0.3, -0.25) is 4.68 Å². The molecule has 1 aromatic carbocycles. The molecule has 15 heavy (non-hydrogen) atoms. The van der Waals surface area contributed by atoms with Crippen molar-refractivity contribution < 1.29 is 4.39 Å². The summed E-state index contributed by atoms with van der Waals surface area (Å²) in [5, 5.41) is 4.13. The molecule has 0 amide bonds. The second-order valence-corrected chi connectivity index (χ2v) is 3.52. The lowest BCUT2D eigenvalue weighted by Crippen LogP contribution is -2.00. The van der Waals surface area contributed by atoms with Gasteiger partial charge in [-0.2, -0.15) is 5.10 Å². The van der Waals surface area contributed by atoms with E-state index in [1.807, 2.05) is 13.1 Å². The molecule has 0 saturated heterocycles. The second-order valence-electron chi connectivity index (χ2n) is 3.52. The molecule has 2 aromatic rings. The largest absolute Gasteiger partial charge is 0.382 e. The van der Waals surface area contributed by atoms with Gasteiger partial charge in [0.1, 0.15) is 11.6 Å². The third-order valence-corrected chi connectivity index (χ3v) is 2.24. The molecule has 0 radical (unpaired) electrons. The number of halogens is 1. The van der Waals surface area contributed by atoms with Gasteiger partial charge in [0.05, 0.1) is 6.54 Å². The van der Waals surface area contributed by atoms with E-state index < -0.39 is 0 Å². The van der Waals surface area contributed by atoms with Crippen molar-refractivity contribution in [3.05, 3.63) is 47.4 Å². The minimum atomic E-state index is -0.227.